The van der Waals surface area contributed by atoms with Crippen LogP contribution in [0.25, 0.3) is 17.1 Å². The van der Waals surface area contributed by atoms with Crippen molar-refractivity contribution in [1.82, 2.24) is 19.3 Å². The van der Waals surface area contributed by atoms with Gasteiger partial charge in [-0.15, -0.1) is 10.2 Å². The smallest absolute Gasteiger partial charge is 0.235 e. The molecular formula is C28H27ClN6O2S. The van der Waals surface area contributed by atoms with E-state index in [1.807, 2.05) is 77.6 Å². The van der Waals surface area contributed by atoms with Crippen LogP contribution in [0.15, 0.2) is 59.8 Å². The topological polar surface area (TPSA) is 97.8 Å². The summed E-state index contributed by atoms with van der Waals surface area (Å²) in [7, 11) is 0. The lowest BCUT2D eigenvalue weighted by molar-refractivity contribution is -0.113. The van der Waals surface area contributed by atoms with Gasteiger partial charge < -0.3 is 14.6 Å². The third kappa shape index (κ3) is 5.34. The number of halogens is 1. The molecule has 1 amide bonds. The number of hydrogen-bond donors (Lipinski definition) is 1. The maximum Gasteiger partial charge on any atom is 0.235 e. The van der Waals surface area contributed by atoms with E-state index in [1.165, 1.54) is 11.8 Å². The van der Waals surface area contributed by atoms with E-state index in [0.717, 1.165) is 42.0 Å². The third-order valence-electron chi connectivity index (χ3n) is 6.69. The summed E-state index contributed by atoms with van der Waals surface area (Å²) in [5.41, 5.74) is 4.04. The van der Waals surface area contributed by atoms with Crippen molar-refractivity contribution in [2.24, 2.45) is 0 Å². The SMILES string of the molecule is Cc1c(C#N)c(NC(=O)CSc2nnc(-c3ccccc3)n2-c2ccc(Cl)cc2)n(C[C@@H]2CCCO2)c1C. The van der Waals surface area contributed by atoms with Gasteiger partial charge in [0.15, 0.2) is 11.0 Å². The molecule has 1 fully saturated rings. The Balaban J connectivity index is 1.39. The molecule has 0 unspecified atom stereocenters. The highest BCUT2D eigenvalue weighted by Gasteiger charge is 2.24. The Morgan fingerprint density at radius 1 is 1.18 bits per heavy atom. The minimum atomic E-state index is -0.232. The number of anilines is 1. The summed E-state index contributed by atoms with van der Waals surface area (Å²) in [4.78, 5) is 13.2. The molecule has 3 heterocycles. The van der Waals surface area contributed by atoms with Gasteiger partial charge in [-0.3, -0.25) is 9.36 Å². The molecule has 8 nitrogen and oxygen atoms in total. The number of thioether (sulfide) groups is 1. The van der Waals surface area contributed by atoms with Crippen molar-refractivity contribution in [2.75, 3.05) is 17.7 Å². The molecule has 4 aromatic rings. The largest absolute Gasteiger partial charge is 0.376 e. The number of benzene rings is 2. The van der Waals surface area contributed by atoms with Crippen molar-refractivity contribution in [3.05, 3.63) is 76.4 Å². The van der Waals surface area contributed by atoms with E-state index in [4.69, 9.17) is 16.3 Å². The Kier molecular flexibility index (Phi) is 7.84. The summed E-state index contributed by atoms with van der Waals surface area (Å²) in [5, 5.41) is 22.8. The Morgan fingerprint density at radius 3 is 2.63 bits per heavy atom. The molecule has 10 heteroatoms. The fourth-order valence-corrected chi connectivity index (χ4v) is 5.49. The average Bonchev–Trinajstić information content (AvgIpc) is 3.65. The van der Waals surface area contributed by atoms with Crippen LogP contribution in [0.1, 0.15) is 29.7 Å². The van der Waals surface area contributed by atoms with E-state index in [2.05, 4.69) is 21.6 Å². The average molecular weight is 547 g/mol. The molecule has 0 spiro atoms. The first-order valence-corrected chi connectivity index (χ1v) is 13.7. The zero-order chi connectivity index (χ0) is 26.6. The first-order chi connectivity index (χ1) is 18.5. The molecule has 0 aliphatic carbocycles. The van der Waals surface area contributed by atoms with Crippen molar-refractivity contribution in [3.63, 3.8) is 0 Å². The van der Waals surface area contributed by atoms with E-state index in [1.54, 1.807) is 0 Å². The Labute approximate surface area is 230 Å². The number of aromatic nitrogens is 4. The second kappa shape index (κ2) is 11.4. The molecule has 2 aromatic carbocycles. The molecule has 5 rings (SSSR count). The van der Waals surface area contributed by atoms with Crippen molar-refractivity contribution in [3.8, 4) is 23.1 Å². The summed E-state index contributed by atoms with van der Waals surface area (Å²) in [5.74, 6) is 1.05. The second-order valence-electron chi connectivity index (χ2n) is 9.11. The number of carbonyl (C=O) groups is 1. The number of rotatable bonds is 8. The van der Waals surface area contributed by atoms with Crippen LogP contribution in [0.3, 0.4) is 0 Å². The highest BCUT2D eigenvalue weighted by atomic mass is 35.5. The molecule has 38 heavy (non-hydrogen) atoms. The van der Waals surface area contributed by atoms with Crippen molar-refractivity contribution in [1.29, 1.82) is 5.26 Å². The summed E-state index contributed by atoms with van der Waals surface area (Å²) >= 11 is 7.40. The van der Waals surface area contributed by atoms with Crippen molar-refractivity contribution < 1.29 is 9.53 Å². The lowest BCUT2D eigenvalue weighted by Crippen LogP contribution is -2.22. The minimum Gasteiger partial charge on any atom is -0.376 e. The van der Waals surface area contributed by atoms with Crippen LogP contribution < -0.4 is 5.32 Å². The van der Waals surface area contributed by atoms with Gasteiger partial charge in [0.25, 0.3) is 0 Å². The normalized spacial score (nSPS) is 14.9. The molecular weight excluding hydrogens is 520 g/mol. The fraction of sp³-hybridized carbons (Fsp3) is 0.286. The van der Waals surface area contributed by atoms with Gasteiger partial charge in [0, 0.05) is 28.6 Å². The van der Waals surface area contributed by atoms with Crippen molar-refractivity contribution >= 4 is 35.1 Å². The Hall–Kier alpha value is -3.58. The predicted molar refractivity (Wildman–Crippen MR) is 149 cm³/mol. The van der Waals surface area contributed by atoms with Crippen LogP contribution in [0.5, 0.6) is 0 Å². The molecule has 1 aliphatic rings. The lowest BCUT2D eigenvalue weighted by Gasteiger charge is -2.17. The molecule has 1 saturated heterocycles. The zero-order valence-corrected chi connectivity index (χ0v) is 22.7. The summed E-state index contributed by atoms with van der Waals surface area (Å²) in [6.07, 6.45) is 2.06. The molecule has 0 radical (unpaired) electrons. The first kappa shape index (κ1) is 26.0. The number of carbonyl (C=O) groups excluding carboxylic acids is 1. The predicted octanol–water partition coefficient (Wildman–Crippen LogP) is 5.79. The van der Waals surface area contributed by atoms with Gasteiger partial charge >= 0.3 is 0 Å². The molecule has 0 bridgehead atoms. The maximum absolute atomic E-state index is 13.2. The molecule has 194 valence electrons. The van der Waals surface area contributed by atoms with Crippen molar-refractivity contribution in [2.45, 2.75) is 44.5 Å². The van der Waals surface area contributed by atoms with Gasteiger partial charge in [0.1, 0.15) is 11.9 Å². The van der Waals surface area contributed by atoms with Gasteiger partial charge in [-0.1, -0.05) is 53.7 Å². The Bertz CT molecular complexity index is 1480. The number of nitriles is 1. The quantitative estimate of drug-likeness (QED) is 0.281. The van der Waals surface area contributed by atoms with E-state index in [9.17, 15) is 10.1 Å². The van der Waals surface area contributed by atoms with Gasteiger partial charge in [-0.2, -0.15) is 5.26 Å². The lowest BCUT2D eigenvalue weighted by atomic mass is 10.2. The van der Waals surface area contributed by atoms with E-state index in [-0.39, 0.29) is 17.8 Å². The Morgan fingerprint density at radius 2 is 1.95 bits per heavy atom. The van der Waals surface area contributed by atoms with E-state index < -0.39 is 0 Å². The van der Waals surface area contributed by atoms with Crippen LogP contribution in [0, 0.1) is 25.2 Å². The van der Waals surface area contributed by atoms with Gasteiger partial charge in [0.2, 0.25) is 5.91 Å². The van der Waals surface area contributed by atoms with Crippen LogP contribution in [-0.4, -0.2) is 43.7 Å². The molecule has 1 N–H and O–H groups in total. The molecule has 1 atom stereocenters. The maximum atomic E-state index is 13.2. The molecule has 2 aromatic heterocycles. The van der Waals surface area contributed by atoms with E-state index >= 15 is 0 Å². The van der Waals surface area contributed by atoms with Crippen LogP contribution in [-0.2, 0) is 16.1 Å². The first-order valence-electron chi connectivity index (χ1n) is 12.4. The van der Waals surface area contributed by atoms with Gasteiger partial charge in [-0.05, 0) is 56.5 Å². The highest BCUT2D eigenvalue weighted by molar-refractivity contribution is 7.99. The highest BCUT2D eigenvalue weighted by Crippen LogP contribution is 2.31. The van der Waals surface area contributed by atoms with Crippen LogP contribution in [0.2, 0.25) is 5.02 Å². The summed E-state index contributed by atoms with van der Waals surface area (Å²) in [6.45, 7) is 5.22. The fourth-order valence-electron chi connectivity index (χ4n) is 4.61. The van der Waals surface area contributed by atoms with E-state index in [0.29, 0.717) is 33.9 Å². The van der Waals surface area contributed by atoms with Gasteiger partial charge in [0.05, 0.1) is 24.0 Å². The number of hydrogen-bond acceptors (Lipinski definition) is 6. The third-order valence-corrected chi connectivity index (χ3v) is 7.87. The number of nitrogens with one attached hydrogen (secondary N) is 1. The molecule has 1 aliphatic heterocycles. The van der Waals surface area contributed by atoms with Gasteiger partial charge in [-0.25, -0.2) is 0 Å². The standard InChI is InChI=1S/C28H27ClN6O2S/c1-18-19(2)34(16-23-9-6-14-37-23)27(24(18)15-30)31-25(36)17-38-28-33-32-26(20-7-4-3-5-8-20)35(28)22-12-10-21(29)11-13-22/h3-5,7-8,10-13,23H,6,9,14,16-17H2,1-2H3,(H,31,36)/t23-/m0/s1. The number of ether oxygens (including phenoxy) is 1. The number of amides is 1. The van der Waals surface area contributed by atoms with Crippen LogP contribution in [0.4, 0.5) is 5.82 Å². The minimum absolute atomic E-state index is 0.0754. The summed E-state index contributed by atoms with van der Waals surface area (Å²) < 4.78 is 9.73. The van der Waals surface area contributed by atoms with Crippen LogP contribution >= 0.6 is 23.4 Å². The molecule has 0 saturated carbocycles. The number of nitrogens with zero attached hydrogens (tertiary/aromatic N) is 5. The zero-order valence-electron chi connectivity index (χ0n) is 21.1. The summed E-state index contributed by atoms with van der Waals surface area (Å²) in [6, 6.07) is 19.4. The second-order valence-corrected chi connectivity index (χ2v) is 10.5. The monoisotopic (exact) mass is 546 g/mol.